The van der Waals surface area contributed by atoms with E-state index in [1.54, 1.807) is 19.3 Å². The zero-order valence-electron chi connectivity index (χ0n) is 17.6. The number of aromatic nitrogens is 2. The summed E-state index contributed by atoms with van der Waals surface area (Å²) in [6.07, 6.45) is 5.96. The third-order valence-electron chi connectivity index (χ3n) is 4.72. The van der Waals surface area contributed by atoms with Gasteiger partial charge in [0.15, 0.2) is 11.7 Å². The summed E-state index contributed by atoms with van der Waals surface area (Å²) in [5, 5.41) is 13.8. The number of nitrogens with one attached hydrogen (secondary N) is 3. The molecule has 2 heterocycles. The van der Waals surface area contributed by atoms with Gasteiger partial charge in [0.1, 0.15) is 0 Å². The highest BCUT2D eigenvalue weighted by atomic mass is 16.3. The summed E-state index contributed by atoms with van der Waals surface area (Å²) in [6, 6.07) is 12.0. The molecule has 1 unspecified atom stereocenters. The number of rotatable bonds is 8. The number of amides is 1. The van der Waals surface area contributed by atoms with Crippen molar-refractivity contribution in [2.24, 2.45) is 4.99 Å². The fraction of sp³-hybridized carbons (Fsp3) is 0.318. The number of hydrogen-bond acceptors (Lipinski definition) is 4. The Morgan fingerprint density at radius 2 is 2.07 bits per heavy atom. The van der Waals surface area contributed by atoms with Gasteiger partial charge in [-0.15, -0.1) is 0 Å². The molecule has 3 N–H and O–H groups in total. The highest BCUT2D eigenvalue weighted by Crippen LogP contribution is 2.16. The summed E-state index contributed by atoms with van der Waals surface area (Å²) >= 11 is 0. The molecule has 0 aliphatic carbocycles. The molecule has 0 bridgehead atoms. The maximum atomic E-state index is 12.0. The van der Waals surface area contributed by atoms with E-state index in [0.717, 1.165) is 23.2 Å². The van der Waals surface area contributed by atoms with E-state index in [1.165, 1.54) is 6.26 Å². The number of carbonyl (C=O) groups is 1. The van der Waals surface area contributed by atoms with E-state index < -0.39 is 0 Å². The van der Waals surface area contributed by atoms with Crippen molar-refractivity contribution in [1.29, 1.82) is 0 Å². The Balaban J connectivity index is 1.44. The summed E-state index contributed by atoms with van der Waals surface area (Å²) < 4.78 is 7.03. The summed E-state index contributed by atoms with van der Waals surface area (Å²) in [5.41, 5.74) is 2.98. The van der Waals surface area contributed by atoms with E-state index in [4.69, 9.17) is 4.42 Å². The smallest absolute Gasteiger partial charge is 0.287 e. The Hall–Kier alpha value is -3.55. The monoisotopic (exact) mass is 408 g/mol. The second-order valence-electron chi connectivity index (χ2n) is 6.95. The number of hydrogen-bond donors (Lipinski definition) is 3. The number of aliphatic imine (C=N–C) groups is 1. The largest absolute Gasteiger partial charge is 0.459 e. The number of carbonyl (C=O) groups excluding carboxylic acids is 1. The minimum absolute atomic E-state index is 0.0633. The molecule has 2 aromatic heterocycles. The molecule has 1 atom stereocenters. The van der Waals surface area contributed by atoms with Crippen molar-refractivity contribution in [2.75, 3.05) is 20.1 Å². The average molecular weight is 409 g/mol. The summed E-state index contributed by atoms with van der Waals surface area (Å²) in [6.45, 7) is 5.16. The van der Waals surface area contributed by atoms with Crippen LogP contribution < -0.4 is 16.0 Å². The van der Waals surface area contributed by atoms with E-state index in [-0.39, 0.29) is 11.9 Å². The standard InChI is InChI=1S/C22H28N6O2/c1-16-9-14-30-20(16)21(29)24-10-5-11-25-22(23-3)27-17(2)18-7-4-8-19(15-18)28-13-6-12-26-28/h4,6-9,12-15,17H,5,10-11H2,1-3H3,(H,24,29)(H2,23,25,27). The molecule has 1 aromatic carbocycles. The Bertz CT molecular complexity index is 977. The normalized spacial score (nSPS) is 12.4. The van der Waals surface area contributed by atoms with Crippen molar-refractivity contribution in [3.63, 3.8) is 0 Å². The third-order valence-corrected chi connectivity index (χ3v) is 4.72. The molecule has 8 heteroatoms. The molecule has 0 fully saturated rings. The van der Waals surface area contributed by atoms with Crippen molar-refractivity contribution in [3.8, 4) is 5.69 Å². The topological polar surface area (TPSA) is 96.5 Å². The summed E-state index contributed by atoms with van der Waals surface area (Å²) in [4.78, 5) is 16.3. The van der Waals surface area contributed by atoms with Crippen LogP contribution in [0.1, 0.15) is 41.1 Å². The van der Waals surface area contributed by atoms with Gasteiger partial charge >= 0.3 is 0 Å². The van der Waals surface area contributed by atoms with Crippen LogP contribution >= 0.6 is 0 Å². The SMILES string of the molecule is CN=C(NCCCNC(=O)c1occc1C)NC(C)c1cccc(-n2cccn2)c1. The molecule has 0 aliphatic heterocycles. The van der Waals surface area contributed by atoms with Crippen LogP contribution in [0.15, 0.2) is 64.5 Å². The van der Waals surface area contributed by atoms with Crippen molar-refractivity contribution in [1.82, 2.24) is 25.7 Å². The molecule has 30 heavy (non-hydrogen) atoms. The van der Waals surface area contributed by atoms with Gasteiger partial charge in [-0.3, -0.25) is 9.79 Å². The van der Waals surface area contributed by atoms with Gasteiger partial charge in [0.25, 0.3) is 5.91 Å². The van der Waals surface area contributed by atoms with E-state index in [1.807, 2.05) is 36.0 Å². The first-order valence-electron chi connectivity index (χ1n) is 9.98. The van der Waals surface area contributed by atoms with Crippen LogP contribution in [0.2, 0.25) is 0 Å². The van der Waals surface area contributed by atoms with Crippen LogP contribution in [0, 0.1) is 6.92 Å². The first-order valence-corrected chi connectivity index (χ1v) is 9.98. The first-order chi connectivity index (χ1) is 14.6. The number of aryl methyl sites for hydroxylation is 1. The van der Waals surface area contributed by atoms with Gasteiger partial charge in [-0.05, 0) is 50.1 Å². The Morgan fingerprint density at radius 1 is 1.23 bits per heavy atom. The maximum absolute atomic E-state index is 12.0. The number of guanidine groups is 1. The van der Waals surface area contributed by atoms with Crippen molar-refractivity contribution in [2.45, 2.75) is 26.3 Å². The Morgan fingerprint density at radius 3 is 2.77 bits per heavy atom. The molecule has 3 rings (SSSR count). The van der Waals surface area contributed by atoms with Crippen LogP contribution in [-0.4, -0.2) is 41.8 Å². The summed E-state index contributed by atoms with van der Waals surface area (Å²) in [5.74, 6) is 0.887. The van der Waals surface area contributed by atoms with Crippen LogP contribution in [0.3, 0.4) is 0 Å². The van der Waals surface area contributed by atoms with Gasteiger partial charge in [0.05, 0.1) is 18.0 Å². The molecule has 1 amide bonds. The molecular formula is C22H28N6O2. The lowest BCUT2D eigenvalue weighted by molar-refractivity contribution is 0.0925. The van der Waals surface area contributed by atoms with Gasteiger partial charge in [-0.25, -0.2) is 4.68 Å². The molecule has 0 saturated heterocycles. The molecule has 0 saturated carbocycles. The van der Waals surface area contributed by atoms with Crippen LogP contribution in [0.5, 0.6) is 0 Å². The molecule has 0 radical (unpaired) electrons. The van der Waals surface area contributed by atoms with Crippen molar-refractivity contribution < 1.29 is 9.21 Å². The summed E-state index contributed by atoms with van der Waals surface area (Å²) in [7, 11) is 1.74. The molecule has 8 nitrogen and oxygen atoms in total. The molecular weight excluding hydrogens is 380 g/mol. The van der Waals surface area contributed by atoms with Crippen LogP contribution in [0.4, 0.5) is 0 Å². The maximum Gasteiger partial charge on any atom is 0.287 e. The zero-order chi connectivity index (χ0) is 21.3. The lowest BCUT2D eigenvalue weighted by atomic mass is 10.1. The highest BCUT2D eigenvalue weighted by molar-refractivity contribution is 5.92. The number of nitrogens with zero attached hydrogens (tertiary/aromatic N) is 3. The van der Waals surface area contributed by atoms with E-state index in [9.17, 15) is 4.79 Å². The first kappa shape index (κ1) is 21.2. The third kappa shape index (κ3) is 5.50. The van der Waals surface area contributed by atoms with E-state index >= 15 is 0 Å². The van der Waals surface area contributed by atoms with E-state index in [0.29, 0.717) is 24.8 Å². The van der Waals surface area contributed by atoms with Crippen LogP contribution in [0.25, 0.3) is 5.69 Å². The fourth-order valence-electron chi connectivity index (χ4n) is 3.02. The van der Waals surface area contributed by atoms with Gasteiger partial charge in [0, 0.05) is 38.1 Å². The predicted molar refractivity (Wildman–Crippen MR) is 117 cm³/mol. The number of furan rings is 1. The van der Waals surface area contributed by atoms with Gasteiger partial charge < -0.3 is 20.4 Å². The van der Waals surface area contributed by atoms with Gasteiger partial charge in [-0.2, -0.15) is 5.10 Å². The minimum Gasteiger partial charge on any atom is -0.459 e. The molecule has 158 valence electrons. The van der Waals surface area contributed by atoms with Gasteiger partial charge in [-0.1, -0.05) is 12.1 Å². The van der Waals surface area contributed by atoms with Gasteiger partial charge in [0.2, 0.25) is 0 Å². The lowest BCUT2D eigenvalue weighted by Gasteiger charge is -2.19. The Labute approximate surface area is 176 Å². The minimum atomic E-state index is -0.189. The molecule has 3 aromatic rings. The lowest BCUT2D eigenvalue weighted by Crippen LogP contribution is -2.40. The van der Waals surface area contributed by atoms with E-state index in [2.05, 4.69) is 45.1 Å². The average Bonchev–Trinajstić information content (AvgIpc) is 3.44. The highest BCUT2D eigenvalue weighted by Gasteiger charge is 2.12. The molecule has 0 aliphatic rings. The molecule has 0 spiro atoms. The second-order valence-corrected chi connectivity index (χ2v) is 6.95. The Kier molecular flexibility index (Phi) is 7.26. The zero-order valence-corrected chi connectivity index (χ0v) is 17.6. The predicted octanol–water partition coefficient (Wildman–Crippen LogP) is 2.82. The van der Waals surface area contributed by atoms with Crippen molar-refractivity contribution in [3.05, 3.63) is 71.9 Å². The van der Waals surface area contributed by atoms with Crippen LogP contribution in [-0.2, 0) is 0 Å². The quantitative estimate of drug-likeness (QED) is 0.303. The fourth-order valence-corrected chi connectivity index (χ4v) is 3.02. The van der Waals surface area contributed by atoms with Crippen molar-refractivity contribution >= 4 is 11.9 Å². The number of benzene rings is 1. The second kappa shape index (κ2) is 10.3.